The third-order valence-corrected chi connectivity index (χ3v) is 5.35. The Bertz CT molecular complexity index is 882. The number of rotatable bonds is 7. The van der Waals surface area contributed by atoms with E-state index in [0.717, 1.165) is 30.7 Å². The van der Waals surface area contributed by atoms with Crippen LogP contribution in [0.1, 0.15) is 46.8 Å². The molecule has 0 aromatic heterocycles. The van der Waals surface area contributed by atoms with Crippen LogP contribution < -0.4 is 4.74 Å². The Morgan fingerprint density at radius 3 is 2.73 bits per heavy atom. The molecule has 3 rings (SSSR count). The Kier molecular flexibility index (Phi) is 7.15. The number of Topliss-reactive ketones (excluding diaryl/α,β-unsaturated/α-hetero) is 1. The number of carbonyl (C=O) groups is 1. The van der Waals surface area contributed by atoms with E-state index in [0.29, 0.717) is 37.4 Å². The lowest BCUT2D eigenvalue weighted by Gasteiger charge is -2.32. The zero-order valence-corrected chi connectivity index (χ0v) is 16.9. The number of carbonyl (C=O) groups excluding carboxylic acids is 1. The second kappa shape index (κ2) is 9.62. The molecule has 2 aromatic rings. The number of aliphatic hydroxyl groups is 1. The molecule has 0 spiro atoms. The summed E-state index contributed by atoms with van der Waals surface area (Å²) in [5.41, 5.74) is 1.02. The Labute approximate surface area is 174 Å². The van der Waals surface area contributed by atoms with Crippen molar-refractivity contribution in [1.82, 2.24) is 4.90 Å². The Hall–Kier alpha value is -2.38. The average Bonchev–Trinajstić information content (AvgIpc) is 2.74. The van der Waals surface area contributed by atoms with Gasteiger partial charge in [-0.1, -0.05) is 18.2 Å². The number of ketones is 1. The average molecular weight is 421 g/mol. The molecule has 162 valence electrons. The van der Waals surface area contributed by atoms with Crippen molar-refractivity contribution in [3.05, 3.63) is 64.7 Å². The van der Waals surface area contributed by atoms with Crippen LogP contribution in [-0.2, 0) is 19.3 Å². The van der Waals surface area contributed by atoms with Gasteiger partial charge in [-0.25, -0.2) is 0 Å². The van der Waals surface area contributed by atoms with Gasteiger partial charge in [0.05, 0.1) is 18.8 Å². The molecule has 0 amide bonds. The first-order chi connectivity index (χ1) is 14.3. The van der Waals surface area contributed by atoms with E-state index in [-0.39, 0.29) is 23.9 Å². The monoisotopic (exact) mass is 421 g/mol. The molecule has 1 heterocycles. The number of halogens is 3. The molecule has 1 fully saturated rings. The highest BCUT2D eigenvalue weighted by Gasteiger charge is 2.32. The van der Waals surface area contributed by atoms with Crippen LogP contribution >= 0.6 is 0 Å². The summed E-state index contributed by atoms with van der Waals surface area (Å²) in [6.45, 7) is 4.18. The second-order valence-corrected chi connectivity index (χ2v) is 7.55. The van der Waals surface area contributed by atoms with E-state index in [9.17, 15) is 23.1 Å². The third kappa shape index (κ3) is 5.40. The number of hydrogen-bond acceptors (Lipinski definition) is 4. The molecule has 30 heavy (non-hydrogen) atoms. The summed E-state index contributed by atoms with van der Waals surface area (Å²) < 4.78 is 44.4. The minimum Gasteiger partial charge on any atom is -0.494 e. The smallest absolute Gasteiger partial charge is 0.416 e. The molecular weight excluding hydrogens is 395 g/mol. The number of hydrogen-bond donors (Lipinski definition) is 1. The fraction of sp³-hybridized carbons (Fsp3) is 0.435. The Balaban J connectivity index is 1.69. The van der Waals surface area contributed by atoms with Crippen molar-refractivity contribution in [2.24, 2.45) is 5.92 Å². The minimum atomic E-state index is -4.47. The summed E-state index contributed by atoms with van der Waals surface area (Å²) >= 11 is 0. The van der Waals surface area contributed by atoms with Crippen LogP contribution in [0.15, 0.2) is 42.5 Å². The van der Waals surface area contributed by atoms with Crippen molar-refractivity contribution in [3.8, 4) is 5.75 Å². The fourth-order valence-electron chi connectivity index (χ4n) is 3.91. The lowest BCUT2D eigenvalue weighted by atomic mass is 9.89. The van der Waals surface area contributed by atoms with Gasteiger partial charge in [0.2, 0.25) is 0 Å². The molecule has 4 nitrogen and oxygen atoms in total. The Morgan fingerprint density at radius 2 is 2.03 bits per heavy atom. The molecule has 1 aliphatic heterocycles. The highest BCUT2D eigenvalue weighted by Crippen LogP contribution is 2.31. The third-order valence-electron chi connectivity index (χ3n) is 5.35. The van der Waals surface area contributed by atoms with Crippen LogP contribution in [0.5, 0.6) is 5.75 Å². The summed E-state index contributed by atoms with van der Waals surface area (Å²) in [7, 11) is 0. The van der Waals surface area contributed by atoms with Gasteiger partial charge in [-0.15, -0.1) is 0 Å². The van der Waals surface area contributed by atoms with E-state index >= 15 is 0 Å². The van der Waals surface area contributed by atoms with Crippen LogP contribution in [0.4, 0.5) is 13.2 Å². The lowest BCUT2D eigenvalue weighted by molar-refractivity contribution is -0.137. The summed E-state index contributed by atoms with van der Waals surface area (Å²) in [4.78, 5) is 15.0. The first-order valence-electron chi connectivity index (χ1n) is 10.1. The molecule has 0 aliphatic carbocycles. The van der Waals surface area contributed by atoms with Crippen LogP contribution in [0.2, 0.25) is 0 Å². The largest absolute Gasteiger partial charge is 0.494 e. The van der Waals surface area contributed by atoms with E-state index < -0.39 is 11.7 Å². The molecule has 0 radical (unpaired) electrons. The zero-order chi connectivity index (χ0) is 21.7. The SMILES string of the molecule is CCOc1ccc(CN2CCC[C@@H](C(=O)c3cccc(C(F)(F)F)c3)C2)cc1CO. The van der Waals surface area contributed by atoms with Crippen molar-refractivity contribution in [2.45, 2.75) is 39.1 Å². The van der Waals surface area contributed by atoms with Crippen molar-refractivity contribution in [1.29, 1.82) is 0 Å². The van der Waals surface area contributed by atoms with Gasteiger partial charge in [-0.05, 0) is 56.1 Å². The van der Waals surface area contributed by atoms with Crippen LogP contribution in [0.25, 0.3) is 0 Å². The minimum absolute atomic E-state index is 0.111. The van der Waals surface area contributed by atoms with Crippen LogP contribution in [0.3, 0.4) is 0 Å². The fourth-order valence-corrected chi connectivity index (χ4v) is 3.91. The van der Waals surface area contributed by atoms with Gasteiger partial charge >= 0.3 is 6.18 Å². The summed E-state index contributed by atoms with van der Waals surface area (Å²) in [6.07, 6.45) is -3.00. The van der Waals surface area contributed by atoms with Gasteiger partial charge in [0.25, 0.3) is 0 Å². The number of ether oxygens (including phenoxy) is 1. The van der Waals surface area contributed by atoms with Crippen molar-refractivity contribution in [2.75, 3.05) is 19.7 Å². The van der Waals surface area contributed by atoms with Gasteiger partial charge < -0.3 is 9.84 Å². The number of likely N-dealkylation sites (tertiary alicyclic amines) is 1. The maximum atomic E-state index is 13.0. The molecule has 0 saturated carbocycles. The van der Waals surface area contributed by atoms with E-state index in [1.54, 1.807) is 0 Å². The van der Waals surface area contributed by atoms with Gasteiger partial charge in [-0.3, -0.25) is 9.69 Å². The first kappa shape index (κ1) is 22.3. The van der Waals surface area contributed by atoms with Crippen molar-refractivity contribution in [3.63, 3.8) is 0 Å². The number of aliphatic hydroxyl groups excluding tert-OH is 1. The maximum Gasteiger partial charge on any atom is 0.416 e. The molecule has 2 aromatic carbocycles. The molecule has 1 saturated heterocycles. The first-order valence-corrected chi connectivity index (χ1v) is 10.1. The van der Waals surface area contributed by atoms with E-state index in [4.69, 9.17) is 4.74 Å². The normalized spacial score (nSPS) is 17.7. The van der Waals surface area contributed by atoms with E-state index in [1.165, 1.54) is 12.1 Å². The van der Waals surface area contributed by atoms with Crippen LogP contribution in [0, 0.1) is 5.92 Å². The summed E-state index contributed by atoms with van der Waals surface area (Å²) in [5.74, 6) is 0.0794. The zero-order valence-electron chi connectivity index (χ0n) is 16.9. The Morgan fingerprint density at radius 1 is 1.23 bits per heavy atom. The molecule has 0 bridgehead atoms. The number of nitrogens with zero attached hydrogens (tertiary/aromatic N) is 1. The van der Waals surface area contributed by atoms with Gasteiger partial charge in [0.1, 0.15) is 5.75 Å². The molecule has 1 N–H and O–H groups in total. The predicted octanol–water partition coefficient (Wildman–Crippen LogP) is 4.69. The number of piperidine rings is 1. The molecule has 7 heteroatoms. The molecule has 1 atom stereocenters. The molecule has 1 aliphatic rings. The topological polar surface area (TPSA) is 49.8 Å². The summed E-state index contributed by atoms with van der Waals surface area (Å²) in [6, 6.07) is 10.3. The van der Waals surface area contributed by atoms with Crippen molar-refractivity contribution >= 4 is 5.78 Å². The van der Waals surface area contributed by atoms with Gasteiger partial charge in [0, 0.05) is 30.1 Å². The molecule has 0 unspecified atom stereocenters. The highest BCUT2D eigenvalue weighted by atomic mass is 19.4. The standard InChI is InChI=1S/C23H26F3NO3/c1-2-30-21-9-8-16(11-19(21)15-28)13-27-10-4-6-18(14-27)22(29)17-5-3-7-20(12-17)23(24,25)26/h3,5,7-9,11-12,18,28H,2,4,6,10,13-15H2,1H3/t18-/m1/s1. The number of benzene rings is 2. The van der Waals surface area contributed by atoms with Gasteiger partial charge in [0.15, 0.2) is 5.78 Å². The maximum absolute atomic E-state index is 13.0. The highest BCUT2D eigenvalue weighted by molar-refractivity contribution is 5.98. The quantitative estimate of drug-likeness (QED) is 0.659. The predicted molar refractivity (Wildman–Crippen MR) is 107 cm³/mol. The van der Waals surface area contributed by atoms with Crippen molar-refractivity contribution < 1.29 is 27.8 Å². The van der Waals surface area contributed by atoms with E-state index in [2.05, 4.69) is 4.90 Å². The van der Waals surface area contributed by atoms with Gasteiger partial charge in [-0.2, -0.15) is 13.2 Å². The lowest BCUT2D eigenvalue weighted by Crippen LogP contribution is -2.38. The van der Waals surface area contributed by atoms with Crippen LogP contribution in [-0.4, -0.2) is 35.5 Å². The molecular formula is C23H26F3NO3. The summed E-state index contributed by atoms with van der Waals surface area (Å²) in [5, 5.41) is 9.58. The van der Waals surface area contributed by atoms with E-state index in [1.807, 2.05) is 25.1 Å². The number of alkyl halides is 3. The second-order valence-electron chi connectivity index (χ2n) is 7.55.